The Bertz CT molecular complexity index is 1220. The van der Waals surface area contributed by atoms with E-state index in [2.05, 4.69) is 38.2 Å². The standard InChI is InChI=1S/C50H78O6S2/c1-3-5-7-27-37-45(51)39-29-17-13-9-11-15-19-31-41-47(53)55-49(43-33-23-21-24-34-43)57-58-50(44-35-25-22-26-36-44)56-48(54)42-32-20-16-12-10-14-18-30-40-46(52)38-28-8-6-4-2/h17-18,21-26,29-30,33-36,45-46,49-52H,3-16,19-20,27-28,31-32,37-42H2,1-2H3/b29-17-,30-18-/t45-,46?,49?,50?/m1/s1. The molecule has 0 aromatic heterocycles. The van der Waals surface area contributed by atoms with Crippen LogP contribution < -0.4 is 0 Å². The van der Waals surface area contributed by atoms with Crippen LogP contribution in [-0.2, 0) is 19.1 Å². The van der Waals surface area contributed by atoms with Gasteiger partial charge in [0.2, 0.25) is 0 Å². The minimum atomic E-state index is -0.527. The van der Waals surface area contributed by atoms with Gasteiger partial charge in [0.15, 0.2) is 10.9 Å². The number of benzene rings is 2. The van der Waals surface area contributed by atoms with Crippen LogP contribution in [0.1, 0.15) is 203 Å². The zero-order valence-electron chi connectivity index (χ0n) is 36.1. The van der Waals surface area contributed by atoms with Crippen LogP contribution in [0.2, 0.25) is 0 Å². The van der Waals surface area contributed by atoms with Gasteiger partial charge in [0, 0.05) is 24.0 Å². The largest absolute Gasteiger partial charge is 0.445 e. The Morgan fingerprint density at radius 2 is 0.862 bits per heavy atom. The van der Waals surface area contributed by atoms with Crippen molar-refractivity contribution in [2.75, 3.05) is 0 Å². The lowest BCUT2D eigenvalue weighted by Gasteiger charge is -2.22. The van der Waals surface area contributed by atoms with Gasteiger partial charge in [-0.2, -0.15) is 0 Å². The highest BCUT2D eigenvalue weighted by Gasteiger charge is 2.24. The van der Waals surface area contributed by atoms with Crippen molar-refractivity contribution in [1.82, 2.24) is 0 Å². The molecule has 0 spiro atoms. The van der Waals surface area contributed by atoms with Crippen LogP contribution in [0.4, 0.5) is 0 Å². The van der Waals surface area contributed by atoms with Crippen LogP contribution in [0, 0.1) is 0 Å². The number of ether oxygens (including phenoxy) is 2. The summed E-state index contributed by atoms with van der Waals surface area (Å²) in [6.07, 6.45) is 34.2. The number of rotatable bonds is 37. The van der Waals surface area contributed by atoms with E-state index in [1.807, 2.05) is 60.7 Å². The molecular formula is C50H78O6S2. The Morgan fingerprint density at radius 1 is 0.500 bits per heavy atom. The van der Waals surface area contributed by atoms with E-state index in [-0.39, 0.29) is 24.1 Å². The van der Waals surface area contributed by atoms with E-state index in [1.54, 1.807) is 0 Å². The average Bonchev–Trinajstić information content (AvgIpc) is 3.24. The molecule has 0 aliphatic carbocycles. The van der Waals surface area contributed by atoms with Crippen LogP contribution in [0.25, 0.3) is 0 Å². The topological polar surface area (TPSA) is 93.1 Å². The fourth-order valence-electron chi connectivity index (χ4n) is 6.68. The van der Waals surface area contributed by atoms with Crippen molar-refractivity contribution < 1.29 is 29.3 Å². The highest BCUT2D eigenvalue weighted by molar-refractivity contribution is 8.76. The lowest BCUT2D eigenvalue weighted by Crippen LogP contribution is -2.11. The fourth-order valence-corrected chi connectivity index (χ4v) is 9.22. The molecule has 2 rings (SSSR count). The molecule has 3 unspecified atom stereocenters. The van der Waals surface area contributed by atoms with Gasteiger partial charge in [0.05, 0.1) is 12.2 Å². The number of esters is 2. The van der Waals surface area contributed by atoms with Crippen LogP contribution in [-0.4, -0.2) is 34.4 Å². The maximum absolute atomic E-state index is 13.0. The first-order valence-electron chi connectivity index (χ1n) is 22.9. The fraction of sp³-hybridized carbons (Fsp3) is 0.640. The number of allylic oxidation sites excluding steroid dienone is 2. The van der Waals surface area contributed by atoms with Gasteiger partial charge in [0.25, 0.3) is 0 Å². The van der Waals surface area contributed by atoms with Crippen molar-refractivity contribution in [2.24, 2.45) is 0 Å². The summed E-state index contributed by atoms with van der Waals surface area (Å²) in [5.74, 6) is -0.427. The summed E-state index contributed by atoms with van der Waals surface area (Å²) < 4.78 is 12.1. The minimum Gasteiger partial charge on any atom is -0.445 e. The summed E-state index contributed by atoms with van der Waals surface area (Å²) in [7, 11) is 2.83. The van der Waals surface area contributed by atoms with E-state index in [1.165, 1.54) is 60.1 Å². The number of aliphatic hydroxyl groups is 2. The molecule has 0 radical (unpaired) electrons. The van der Waals surface area contributed by atoms with Crippen molar-refractivity contribution in [3.8, 4) is 0 Å². The van der Waals surface area contributed by atoms with E-state index in [0.717, 1.165) is 127 Å². The molecule has 0 saturated heterocycles. The van der Waals surface area contributed by atoms with E-state index >= 15 is 0 Å². The third kappa shape index (κ3) is 28.0. The second-order valence-electron chi connectivity index (χ2n) is 15.7. The molecule has 0 fully saturated rings. The molecule has 0 aliphatic rings. The predicted molar refractivity (Wildman–Crippen MR) is 247 cm³/mol. The summed E-state index contributed by atoms with van der Waals surface area (Å²) in [5, 5.41) is 20.2. The van der Waals surface area contributed by atoms with Gasteiger partial charge in [-0.05, 0) is 85.8 Å². The molecule has 2 N–H and O–H groups in total. The minimum absolute atomic E-state index is 0.214. The van der Waals surface area contributed by atoms with Crippen molar-refractivity contribution in [1.29, 1.82) is 0 Å². The van der Waals surface area contributed by atoms with Crippen molar-refractivity contribution >= 4 is 33.5 Å². The third-order valence-corrected chi connectivity index (χ3v) is 12.9. The maximum Gasteiger partial charge on any atom is 0.307 e. The van der Waals surface area contributed by atoms with E-state index in [0.29, 0.717) is 12.8 Å². The van der Waals surface area contributed by atoms with Crippen molar-refractivity contribution in [2.45, 2.75) is 204 Å². The number of unbranched alkanes of at least 4 members (excludes halogenated alkanes) is 16. The Kier molecular flexibility index (Phi) is 32.3. The molecule has 0 saturated carbocycles. The summed E-state index contributed by atoms with van der Waals surface area (Å²) in [6.45, 7) is 4.41. The molecule has 4 atom stereocenters. The molecule has 0 aliphatic heterocycles. The zero-order chi connectivity index (χ0) is 41.7. The van der Waals surface area contributed by atoms with Crippen molar-refractivity contribution in [3.05, 3.63) is 96.1 Å². The molecule has 6 nitrogen and oxygen atoms in total. The van der Waals surface area contributed by atoms with Gasteiger partial charge in [-0.1, -0.05) is 189 Å². The van der Waals surface area contributed by atoms with E-state index in [9.17, 15) is 19.8 Å². The molecule has 8 heteroatoms. The third-order valence-electron chi connectivity index (χ3n) is 10.3. The molecule has 0 bridgehead atoms. The second kappa shape index (κ2) is 36.3. The first kappa shape index (κ1) is 51.6. The molecule has 2 aromatic rings. The predicted octanol–water partition coefficient (Wildman–Crippen LogP) is 14.9. The number of aliphatic hydroxyl groups excluding tert-OH is 2. The van der Waals surface area contributed by atoms with Gasteiger partial charge in [0.1, 0.15) is 0 Å². The zero-order valence-corrected chi connectivity index (χ0v) is 37.8. The molecule has 326 valence electrons. The lowest BCUT2D eigenvalue weighted by molar-refractivity contribution is -0.146. The van der Waals surface area contributed by atoms with Crippen LogP contribution in [0.5, 0.6) is 0 Å². The van der Waals surface area contributed by atoms with Gasteiger partial charge in [-0.25, -0.2) is 0 Å². The highest BCUT2D eigenvalue weighted by atomic mass is 33.1. The smallest absolute Gasteiger partial charge is 0.307 e. The van der Waals surface area contributed by atoms with Gasteiger partial charge in [-0.3, -0.25) is 9.59 Å². The second-order valence-corrected chi connectivity index (χ2v) is 18.1. The average molecular weight is 839 g/mol. The summed E-state index contributed by atoms with van der Waals surface area (Å²) in [5.41, 5.74) is 0.741. The van der Waals surface area contributed by atoms with Gasteiger partial charge in [-0.15, -0.1) is 0 Å². The van der Waals surface area contributed by atoms with Gasteiger partial charge >= 0.3 is 11.9 Å². The summed E-state index contributed by atoms with van der Waals surface area (Å²) in [4.78, 5) is 26.1. The lowest BCUT2D eigenvalue weighted by atomic mass is 10.1. The molecular weight excluding hydrogens is 761 g/mol. The summed E-state index contributed by atoms with van der Waals surface area (Å²) >= 11 is 0. The normalized spacial score (nSPS) is 13.8. The molecule has 2 aromatic carbocycles. The Hall–Kier alpha value is -2.52. The Labute approximate surface area is 361 Å². The number of hydrogen-bond donors (Lipinski definition) is 2. The number of carbonyl (C=O) groups excluding carboxylic acids is 2. The van der Waals surface area contributed by atoms with E-state index < -0.39 is 10.9 Å². The summed E-state index contributed by atoms with van der Waals surface area (Å²) in [6, 6.07) is 19.5. The van der Waals surface area contributed by atoms with Crippen LogP contribution >= 0.6 is 21.6 Å². The monoisotopic (exact) mass is 839 g/mol. The quantitative estimate of drug-likeness (QED) is 0.0228. The van der Waals surface area contributed by atoms with Crippen LogP contribution in [0.3, 0.4) is 0 Å². The maximum atomic E-state index is 13.0. The highest BCUT2D eigenvalue weighted by Crippen LogP contribution is 2.47. The first-order chi connectivity index (χ1) is 28.4. The molecule has 58 heavy (non-hydrogen) atoms. The first-order valence-corrected chi connectivity index (χ1v) is 25.2. The van der Waals surface area contributed by atoms with E-state index in [4.69, 9.17) is 9.47 Å². The molecule has 0 heterocycles. The SMILES string of the molecule is CCCCCCC(O)C/C=C\CCCCCCCC(=O)OC(SSC(OC(=O)CCCCCCC/C=C\C[C@H](O)CCCCCC)c1ccccc1)c1ccccc1. The Morgan fingerprint density at radius 3 is 1.26 bits per heavy atom. The van der Waals surface area contributed by atoms with Crippen molar-refractivity contribution in [3.63, 3.8) is 0 Å². The van der Waals surface area contributed by atoms with Gasteiger partial charge < -0.3 is 19.7 Å². The molecule has 0 amide bonds. The van der Waals surface area contributed by atoms with Crippen LogP contribution in [0.15, 0.2) is 85.0 Å². The number of carbonyl (C=O) groups is 2. The number of hydrogen-bond acceptors (Lipinski definition) is 8. The Balaban J connectivity index is 1.70.